The van der Waals surface area contributed by atoms with Crippen molar-refractivity contribution in [3.63, 3.8) is 0 Å². The third-order valence-electron chi connectivity index (χ3n) is 8.70. The summed E-state index contributed by atoms with van der Waals surface area (Å²) in [5.74, 6) is -0.815. The number of carbonyl (C=O) groups is 3. The van der Waals surface area contributed by atoms with E-state index in [1.807, 2.05) is 66.7 Å². The highest BCUT2D eigenvalue weighted by Gasteiger charge is 2.50. The number of aromatic nitrogens is 2. The highest BCUT2D eigenvalue weighted by atomic mass is 16.4. The molecule has 2 aliphatic heterocycles. The smallest absolute Gasteiger partial charge is 0.303 e. The van der Waals surface area contributed by atoms with E-state index >= 15 is 0 Å². The lowest BCUT2D eigenvalue weighted by molar-refractivity contribution is -0.137. The topological polar surface area (TPSA) is 121 Å². The maximum atomic E-state index is 14.2. The zero-order valence-electron chi connectivity index (χ0n) is 23.7. The summed E-state index contributed by atoms with van der Waals surface area (Å²) >= 11 is 0. The maximum Gasteiger partial charge on any atom is 0.303 e. The second-order valence-corrected chi connectivity index (χ2v) is 11.4. The minimum absolute atomic E-state index is 0.00341. The number of ketones is 2. The van der Waals surface area contributed by atoms with Gasteiger partial charge in [0.05, 0.1) is 28.5 Å². The number of fused-ring (bicyclic) bond motifs is 3. The predicted molar refractivity (Wildman–Crippen MR) is 162 cm³/mol. The largest absolute Gasteiger partial charge is 0.481 e. The number of carbonyl (C=O) groups excluding carboxylic acids is 2. The number of nitrogens with one attached hydrogen (secondary N) is 2. The van der Waals surface area contributed by atoms with Crippen molar-refractivity contribution in [2.75, 3.05) is 18.4 Å². The number of aryl methyl sites for hydroxylation is 1. The molecule has 0 saturated carbocycles. The maximum absolute atomic E-state index is 14.2. The normalized spacial score (nSPS) is 17.1. The highest BCUT2D eigenvalue weighted by molar-refractivity contribution is 6.06. The van der Waals surface area contributed by atoms with Crippen LogP contribution in [0.4, 0.5) is 5.69 Å². The molecule has 1 aromatic heterocycles. The standard InChI is InChI=1S/C34H34N4O4/c1-21(39)23-11-13-25-28(19-23)38-33(34(25)15-17-35-18-16-34)32(42)24-12-14-26-29(20-24)36-27(9-5-6-10-30(40)41)31(37-26)22-7-3-2-4-8-22/h2-4,7-8,11-14,19-20,33,35,38H,5-6,9-10,15-18H2,1H3,(H,40,41). The molecule has 0 aliphatic carbocycles. The van der Waals surface area contributed by atoms with E-state index in [9.17, 15) is 14.4 Å². The van der Waals surface area contributed by atoms with Gasteiger partial charge in [-0.25, -0.2) is 9.97 Å². The zero-order valence-corrected chi connectivity index (χ0v) is 23.7. The first-order chi connectivity index (χ1) is 20.4. The van der Waals surface area contributed by atoms with Crippen LogP contribution in [0.1, 0.15) is 71.0 Å². The van der Waals surface area contributed by atoms with E-state index in [-0.39, 0.29) is 23.4 Å². The number of carboxylic acids is 1. The van der Waals surface area contributed by atoms with Gasteiger partial charge in [0.15, 0.2) is 11.6 Å². The number of anilines is 1. The molecule has 0 bridgehead atoms. The summed E-state index contributed by atoms with van der Waals surface area (Å²) in [5, 5.41) is 16.0. The van der Waals surface area contributed by atoms with Crippen LogP contribution in [0.3, 0.4) is 0 Å². The van der Waals surface area contributed by atoms with Gasteiger partial charge in [-0.2, -0.15) is 0 Å². The minimum atomic E-state index is -0.808. The molecule has 1 fully saturated rings. The van der Waals surface area contributed by atoms with Crippen molar-refractivity contribution in [2.24, 2.45) is 0 Å². The first-order valence-corrected chi connectivity index (χ1v) is 14.6. The average molecular weight is 563 g/mol. The van der Waals surface area contributed by atoms with Gasteiger partial charge in [0, 0.05) is 34.2 Å². The molecule has 1 spiro atoms. The lowest BCUT2D eigenvalue weighted by Gasteiger charge is -2.38. The third-order valence-corrected chi connectivity index (χ3v) is 8.70. The Morgan fingerprint density at radius 2 is 1.67 bits per heavy atom. The number of carboxylic acid groups (broad SMARTS) is 1. The molecule has 8 nitrogen and oxygen atoms in total. The molecule has 0 radical (unpaired) electrons. The Morgan fingerprint density at radius 1 is 0.905 bits per heavy atom. The van der Waals surface area contributed by atoms with Crippen LogP contribution >= 0.6 is 0 Å². The highest BCUT2D eigenvalue weighted by Crippen LogP contribution is 2.48. The lowest BCUT2D eigenvalue weighted by Crippen LogP contribution is -2.50. The van der Waals surface area contributed by atoms with E-state index in [1.54, 1.807) is 6.92 Å². The Kier molecular flexibility index (Phi) is 7.56. The van der Waals surface area contributed by atoms with Crippen LogP contribution in [-0.4, -0.2) is 51.7 Å². The number of unbranched alkanes of at least 4 members (excludes halogenated alkanes) is 1. The number of piperidine rings is 1. The molecule has 3 N–H and O–H groups in total. The Morgan fingerprint density at radius 3 is 2.40 bits per heavy atom. The zero-order chi connectivity index (χ0) is 29.3. The Bertz CT molecular complexity index is 1680. The Labute approximate surface area is 244 Å². The number of aliphatic carboxylic acids is 1. The van der Waals surface area contributed by atoms with Crippen molar-refractivity contribution in [1.29, 1.82) is 0 Å². The molecular weight excluding hydrogens is 528 g/mol. The molecule has 42 heavy (non-hydrogen) atoms. The summed E-state index contributed by atoms with van der Waals surface area (Å²) < 4.78 is 0. The monoisotopic (exact) mass is 562 g/mol. The number of rotatable bonds is 9. The van der Waals surface area contributed by atoms with Crippen LogP contribution in [0.25, 0.3) is 22.3 Å². The van der Waals surface area contributed by atoms with E-state index in [0.29, 0.717) is 41.4 Å². The fraction of sp³-hybridized carbons (Fsp3) is 0.324. The van der Waals surface area contributed by atoms with Gasteiger partial charge in [0.1, 0.15) is 0 Å². The average Bonchev–Trinajstić information content (AvgIpc) is 3.31. The number of hydrogen-bond acceptors (Lipinski definition) is 7. The number of Topliss-reactive ketones (excluding diaryl/α,β-unsaturated/α-hetero) is 2. The molecule has 6 rings (SSSR count). The van der Waals surface area contributed by atoms with Crippen molar-refractivity contribution in [3.05, 3.63) is 89.1 Å². The van der Waals surface area contributed by atoms with Crippen LogP contribution < -0.4 is 10.6 Å². The quantitative estimate of drug-likeness (QED) is 0.178. The van der Waals surface area contributed by atoms with Gasteiger partial charge in [-0.3, -0.25) is 14.4 Å². The molecular formula is C34H34N4O4. The summed E-state index contributed by atoms with van der Waals surface area (Å²) in [6.07, 6.45) is 3.56. The van der Waals surface area contributed by atoms with Gasteiger partial charge in [-0.15, -0.1) is 0 Å². The summed E-state index contributed by atoms with van der Waals surface area (Å²) in [6, 6.07) is 20.7. The van der Waals surface area contributed by atoms with Gasteiger partial charge in [0.2, 0.25) is 0 Å². The molecule has 1 unspecified atom stereocenters. The number of hydrogen-bond donors (Lipinski definition) is 3. The summed E-state index contributed by atoms with van der Waals surface area (Å²) in [5.41, 5.74) is 6.66. The van der Waals surface area contributed by atoms with Gasteiger partial charge >= 0.3 is 5.97 Å². The second kappa shape index (κ2) is 11.4. The number of benzene rings is 3. The van der Waals surface area contributed by atoms with Crippen LogP contribution in [0.5, 0.6) is 0 Å². The predicted octanol–water partition coefficient (Wildman–Crippen LogP) is 5.60. The van der Waals surface area contributed by atoms with E-state index in [1.165, 1.54) is 0 Å². The van der Waals surface area contributed by atoms with Gasteiger partial charge in [-0.1, -0.05) is 42.5 Å². The van der Waals surface area contributed by atoms with Crippen molar-refractivity contribution >= 4 is 34.3 Å². The Balaban J connectivity index is 1.36. The molecule has 2 aliphatic rings. The van der Waals surface area contributed by atoms with Crippen molar-refractivity contribution in [2.45, 2.75) is 56.9 Å². The second-order valence-electron chi connectivity index (χ2n) is 11.4. The molecule has 1 atom stereocenters. The van der Waals surface area contributed by atoms with E-state index in [4.69, 9.17) is 15.1 Å². The third kappa shape index (κ3) is 5.18. The fourth-order valence-corrected chi connectivity index (χ4v) is 6.49. The molecule has 1 saturated heterocycles. The summed E-state index contributed by atoms with van der Waals surface area (Å²) in [7, 11) is 0. The summed E-state index contributed by atoms with van der Waals surface area (Å²) in [4.78, 5) is 47.3. The molecule has 4 aromatic rings. The van der Waals surface area contributed by atoms with Crippen molar-refractivity contribution in [3.8, 4) is 11.3 Å². The van der Waals surface area contributed by atoms with Gasteiger partial charge in [-0.05, 0) is 81.9 Å². The SMILES string of the molecule is CC(=O)c1ccc2c(c1)NC(C(=O)c1ccc3nc(-c4ccccc4)c(CCCCC(=O)O)nc3c1)C21CCNCC1. The lowest BCUT2D eigenvalue weighted by atomic mass is 9.68. The number of nitrogens with zero attached hydrogens (tertiary/aromatic N) is 2. The van der Waals surface area contributed by atoms with E-state index in [0.717, 1.165) is 54.1 Å². The Hall–Kier alpha value is -4.43. The van der Waals surface area contributed by atoms with Gasteiger partial charge < -0.3 is 15.7 Å². The molecule has 3 heterocycles. The first-order valence-electron chi connectivity index (χ1n) is 14.6. The molecule has 8 heteroatoms. The first kappa shape index (κ1) is 27.7. The molecule has 3 aromatic carbocycles. The van der Waals surface area contributed by atoms with Crippen LogP contribution in [0, 0.1) is 0 Å². The van der Waals surface area contributed by atoms with E-state index in [2.05, 4.69) is 10.6 Å². The van der Waals surface area contributed by atoms with Crippen molar-refractivity contribution < 1.29 is 19.5 Å². The summed E-state index contributed by atoms with van der Waals surface area (Å²) in [6.45, 7) is 3.19. The minimum Gasteiger partial charge on any atom is -0.481 e. The van der Waals surface area contributed by atoms with E-state index < -0.39 is 12.0 Å². The molecule has 214 valence electrons. The van der Waals surface area contributed by atoms with Crippen molar-refractivity contribution in [1.82, 2.24) is 15.3 Å². The fourth-order valence-electron chi connectivity index (χ4n) is 6.49. The molecule has 0 amide bonds. The van der Waals surface area contributed by atoms with Crippen LogP contribution in [0.15, 0.2) is 66.7 Å². The van der Waals surface area contributed by atoms with Crippen LogP contribution in [0.2, 0.25) is 0 Å². The van der Waals surface area contributed by atoms with Crippen LogP contribution in [-0.2, 0) is 16.6 Å². The van der Waals surface area contributed by atoms with Gasteiger partial charge in [0.25, 0.3) is 0 Å².